The molecule has 0 saturated carbocycles. The molecule has 0 unspecified atom stereocenters. The van der Waals surface area contributed by atoms with E-state index in [-0.39, 0.29) is 12.0 Å². The normalized spacial score (nSPS) is 9.87. The molecule has 7 nitrogen and oxygen atoms in total. The standard InChI is InChI=1S/C16H24N2O5/c1-21-12-8-9-14(22-2)13(11-12)18-16(20)17-10-6-4-5-7-15(19)23-3/h8-9,11H,4-7,10H2,1-3H3,(H2,17,18,20). The van der Waals surface area contributed by atoms with E-state index < -0.39 is 0 Å². The summed E-state index contributed by atoms with van der Waals surface area (Å²) in [6.45, 7) is 0.527. The summed E-state index contributed by atoms with van der Waals surface area (Å²) in [5.41, 5.74) is 0.537. The number of hydrogen-bond donors (Lipinski definition) is 2. The number of carbonyl (C=O) groups excluding carboxylic acids is 2. The minimum atomic E-state index is -0.315. The van der Waals surface area contributed by atoms with E-state index in [0.29, 0.717) is 30.2 Å². The fourth-order valence-corrected chi connectivity index (χ4v) is 1.95. The monoisotopic (exact) mass is 324 g/mol. The van der Waals surface area contributed by atoms with Crippen molar-refractivity contribution < 1.29 is 23.8 Å². The molecule has 1 aromatic rings. The largest absolute Gasteiger partial charge is 0.497 e. The summed E-state index contributed by atoms with van der Waals surface area (Å²) in [7, 11) is 4.47. The van der Waals surface area contributed by atoms with Crippen LogP contribution >= 0.6 is 0 Å². The second-order valence-electron chi connectivity index (χ2n) is 4.83. The van der Waals surface area contributed by atoms with Crippen molar-refractivity contribution >= 4 is 17.7 Å². The lowest BCUT2D eigenvalue weighted by atomic mass is 10.2. The molecule has 0 spiro atoms. The van der Waals surface area contributed by atoms with Gasteiger partial charge in [0.2, 0.25) is 0 Å². The van der Waals surface area contributed by atoms with Crippen LogP contribution < -0.4 is 20.1 Å². The highest BCUT2D eigenvalue weighted by Gasteiger charge is 2.08. The first-order valence-corrected chi connectivity index (χ1v) is 7.44. The molecular formula is C16H24N2O5. The number of hydrogen-bond acceptors (Lipinski definition) is 5. The summed E-state index contributed by atoms with van der Waals surface area (Å²) in [4.78, 5) is 22.8. The zero-order chi connectivity index (χ0) is 17.1. The lowest BCUT2D eigenvalue weighted by molar-refractivity contribution is -0.140. The van der Waals surface area contributed by atoms with Crippen LogP contribution in [-0.2, 0) is 9.53 Å². The highest BCUT2D eigenvalue weighted by Crippen LogP contribution is 2.28. The highest BCUT2D eigenvalue weighted by atomic mass is 16.5. The molecule has 7 heteroatoms. The number of carbonyl (C=O) groups is 2. The Kier molecular flexibility index (Phi) is 8.34. The van der Waals surface area contributed by atoms with E-state index in [4.69, 9.17) is 9.47 Å². The average molecular weight is 324 g/mol. The fourth-order valence-electron chi connectivity index (χ4n) is 1.95. The molecule has 0 fully saturated rings. The number of esters is 1. The SMILES string of the molecule is COC(=O)CCCCCNC(=O)Nc1cc(OC)ccc1OC. The smallest absolute Gasteiger partial charge is 0.319 e. The van der Waals surface area contributed by atoms with Crippen LogP contribution in [0.15, 0.2) is 18.2 Å². The molecule has 0 bridgehead atoms. The van der Waals surface area contributed by atoms with Crippen molar-refractivity contribution in [3.8, 4) is 11.5 Å². The third kappa shape index (κ3) is 6.90. The van der Waals surface area contributed by atoms with Gasteiger partial charge in [0, 0.05) is 19.0 Å². The second-order valence-corrected chi connectivity index (χ2v) is 4.83. The number of nitrogens with one attached hydrogen (secondary N) is 2. The van der Waals surface area contributed by atoms with E-state index >= 15 is 0 Å². The molecule has 2 amide bonds. The van der Waals surface area contributed by atoms with E-state index in [1.807, 2.05) is 0 Å². The number of methoxy groups -OCH3 is 3. The van der Waals surface area contributed by atoms with Gasteiger partial charge in [-0.15, -0.1) is 0 Å². The van der Waals surface area contributed by atoms with Crippen molar-refractivity contribution in [2.75, 3.05) is 33.2 Å². The number of urea groups is 1. The molecule has 0 aliphatic carbocycles. The predicted molar refractivity (Wildman–Crippen MR) is 87.1 cm³/mol. The molecule has 0 heterocycles. The van der Waals surface area contributed by atoms with Crippen molar-refractivity contribution in [3.63, 3.8) is 0 Å². The van der Waals surface area contributed by atoms with Crippen LogP contribution in [0.3, 0.4) is 0 Å². The zero-order valence-electron chi connectivity index (χ0n) is 13.8. The van der Waals surface area contributed by atoms with E-state index in [0.717, 1.165) is 19.3 Å². The fraction of sp³-hybridized carbons (Fsp3) is 0.500. The second kappa shape index (κ2) is 10.3. The Bertz CT molecular complexity index is 519. The van der Waals surface area contributed by atoms with Crippen LogP contribution in [0.5, 0.6) is 11.5 Å². The van der Waals surface area contributed by atoms with Gasteiger partial charge in [0.15, 0.2) is 0 Å². The summed E-state index contributed by atoms with van der Waals surface area (Å²) >= 11 is 0. The van der Waals surface area contributed by atoms with Gasteiger partial charge in [-0.2, -0.15) is 0 Å². The van der Waals surface area contributed by atoms with Crippen molar-refractivity contribution in [1.29, 1.82) is 0 Å². The Morgan fingerprint density at radius 3 is 2.48 bits per heavy atom. The summed E-state index contributed by atoms with van der Waals surface area (Å²) in [5, 5.41) is 5.48. The van der Waals surface area contributed by atoms with Gasteiger partial charge in [-0.1, -0.05) is 6.42 Å². The predicted octanol–water partition coefficient (Wildman–Crippen LogP) is 2.56. The van der Waals surface area contributed by atoms with Gasteiger partial charge in [-0.05, 0) is 25.0 Å². The Hall–Kier alpha value is -2.44. The number of anilines is 1. The van der Waals surface area contributed by atoms with Crippen molar-refractivity contribution in [1.82, 2.24) is 5.32 Å². The van der Waals surface area contributed by atoms with Crippen molar-refractivity contribution in [2.24, 2.45) is 0 Å². The first kappa shape index (κ1) is 18.6. The van der Waals surface area contributed by atoms with Gasteiger partial charge in [-0.25, -0.2) is 4.79 Å². The molecule has 0 aliphatic rings. The summed E-state index contributed by atoms with van der Waals surface area (Å²) < 4.78 is 14.9. The van der Waals surface area contributed by atoms with E-state index in [1.165, 1.54) is 14.2 Å². The lowest BCUT2D eigenvalue weighted by Gasteiger charge is -2.12. The minimum Gasteiger partial charge on any atom is -0.497 e. The molecule has 2 N–H and O–H groups in total. The number of unbranched alkanes of at least 4 members (excludes halogenated alkanes) is 2. The quantitative estimate of drug-likeness (QED) is 0.538. The van der Waals surface area contributed by atoms with Gasteiger partial charge in [0.1, 0.15) is 11.5 Å². The summed E-state index contributed by atoms with van der Waals surface area (Å²) in [6, 6.07) is 4.85. The van der Waals surface area contributed by atoms with Gasteiger partial charge in [0.05, 0.1) is 27.0 Å². The molecule has 128 valence electrons. The Balaban J connectivity index is 2.32. The van der Waals surface area contributed by atoms with Crippen LogP contribution in [0, 0.1) is 0 Å². The maximum atomic E-state index is 11.9. The number of ether oxygens (including phenoxy) is 3. The minimum absolute atomic E-state index is 0.208. The van der Waals surface area contributed by atoms with Crippen LogP contribution in [0.25, 0.3) is 0 Å². The third-order valence-corrected chi connectivity index (χ3v) is 3.23. The van der Waals surface area contributed by atoms with Gasteiger partial charge in [-0.3, -0.25) is 4.79 Å². The first-order valence-electron chi connectivity index (χ1n) is 7.44. The highest BCUT2D eigenvalue weighted by molar-refractivity contribution is 5.91. The van der Waals surface area contributed by atoms with Crippen LogP contribution in [0.4, 0.5) is 10.5 Å². The number of amides is 2. The Morgan fingerprint density at radius 1 is 1.04 bits per heavy atom. The molecule has 0 saturated heterocycles. The maximum Gasteiger partial charge on any atom is 0.319 e. The molecule has 0 radical (unpaired) electrons. The Labute approximate surface area is 136 Å². The molecule has 23 heavy (non-hydrogen) atoms. The van der Waals surface area contributed by atoms with Crippen LogP contribution in [-0.4, -0.2) is 39.9 Å². The summed E-state index contributed by atoms with van der Waals surface area (Å²) in [6.07, 6.45) is 2.79. The van der Waals surface area contributed by atoms with Gasteiger partial charge in [0.25, 0.3) is 0 Å². The van der Waals surface area contributed by atoms with Gasteiger partial charge >= 0.3 is 12.0 Å². The topological polar surface area (TPSA) is 85.9 Å². The maximum absolute atomic E-state index is 11.9. The van der Waals surface area contributed by atoms with Gasteiger partial charge < -0.3 is 24.8 Å². The third-order valence-electron chi connectivity index (χ3n) is 3.23. The average Bonchev–Trinajstić information content (AvgIpc) is 2.57. The van der Waals surface area contributed by atoms with Crippen LogP contribution in [0.1, 0.15) is 25.7 Å². The molecule has 0 aromatic heterocycles. The van der Waals surface area contributed by atoms with E-state index in [1.54, 1.807) is 25.3 Å². The van der Waals surface area contributed by atoms with Crippen LogP contribution in [0.2, 0.25) is 0 Å². The Morgan fingerprint density at radius 2 is 1.83 bits per heavy atom. The molecule has 0 aliphatic heterocycles. The number of rotatable bonds is 9. The molecule has 1 rings (SSSR count). The van der Waals surface area contributed by atoms with Crippen molar-refractivity contribution in [2.45, 2.75) is 25.7 Å². The number of benzene rings is 1. The first-order chi connectivity index (χ1) is 11.1. The molecule has 0 atom stereocenters. The van der Waals surface area contributed by atoms with Crippen molar-refractivity contribution in [3.05, 3.63) is 18.2 Å². The lowest BCUT2D eigenvalue weighted by Crippen LogP contribution is -2.29. The molecular weight excluding hydrogens is 300 g/mol. The van der Waals surface area contributed by atoms with E-state index in [9.17, 15) is 9.59 Å². The molecule has 1 aromatic carbocycles. The van der Waals surface area contributed by atoms with E-state index in [2.05, 4.69) is 15.4 Å². The zero-order valence-corrected chi connectivity index (χ0v) is 13.8. The summed E-state index contributed by atoms with van der Waals surface area (Å²) in [5.74, 6) is 0.976.